The van der Waals surface area contributed by atoms with Crippen LogP contribution in [0.15, 0.2) is 68.7 Å². The van der Waals surface area contributed by atoms with E-state index in [9.17, 15) is 4.79 Å². The van der Waals surface area contributed by atoms with Crippen molar-refractivity contribution in [2.75, 3.05) is 29.4 Å². The quantitative estimate of drug-likeness (QED) is 0.407. The number of fused-ring (bicyclic) bond motifs is 2. The van der Waals surface area contributed by atoms with Gasteiger partial charge in [0.2, 0.25) is 0 Å². The van der Waals surface area contributed by atoms with Gasteiger partial charge < -0.3 is 14.2 Å². The van der Waals surface area contributed by atoms with Crippen LogP contribution in [-0.2, 0) is 0 Å². The average molecular weight is 417 g/mol. The summed E-state index contributed by atoms with van der Waals surface area (Å²) >= 11 is 1.73. The number of hydrogen-bond acceptors (Lipinski definition) is 5. The molecular formula is C25H24N2O2S. The van der Waals surface area contributed by atoms with E-state index in [1.54, 1.807) is 11.8 Å². The molecule has 0 fully saturated rings. The van der Waals surface area contributed by atoms with Crippen LogP contribution in [0.5, 0.6) is 0 Å². The Labute approximate surface area is 181 Å². The molecule has 0 N–H and O–H groups in total. The fraction of sp³-hybridized carbons (Fsp3) is 0.240. The summed E-state index contributed by atoms with van der Waals surface area (Å²) in [5.74, 6) is 2.73. The van der Waals surface area contributed by atoms with Gasteiger partial charge in [0.05, 0.1) is 23.2 Å². The number of benzene rings is 2. The summed E-state index contributed by atoms with van der Waals surface area (Å²) < 4.78 is 5.64. The molecule has 30 heavy (non-hydrogen) atoms. The maximum absolute atomic E-state index is 12.6. The predicted octanol–water partition coefficient (Wildman–Crippen LogP) is 5.22. The molecule has 4 rings (SSSR count). The molecule has 0 radical (unpaired) electrons. The Hall–Kier alpha value is -3.10. The molecule has 4 nitrogen and oxygen atoms in total. The van der Waals surface area contributed by atoms with E-state index in [4.69, 9.17) is 10.8 Å². The SMILES string of the molecule is C#CCN1c2ccccc2SC1/C=C/c1cc2ccc(N(CC)CC)cc2oc1=O. The Bertz CT molecular complexity index is 1190. The molecule has 3 aromatic rings. The molecule has 1 atom stereocenters. The first-order chi connectivity index (χ1) is 14.6. The number of rotatable bonds is 6. The van der Waals surface area contributed by atoms with Gasteiger partial charge in [-0.15, -0.1) is 6.42 Å². The summed E-state index contributed by atoms with van der Waals surface area (Å²) in [7, 11) is 0. The highest BCUT2D eigenvalue weighted by Crippen LogP contribution is 2.43. The smallest absolute Gasteiger partial charge is 0.343 e. The Morgan fingerprint density at radius 3 is 2.77 bits per heavy atom. The van der Waals surface area contributed by atoms with Crippen LogP contribution in [0.25, 0.3) is 17.0 Å². The second kappa shape index (κ2) is 8.73. The third-order valence-corrected chi connectivity index (χ3v) is 6.56. The second-order valence-corrected chi connectivity index (χ2v) is 8.21. The van der Waals surface area contributed by atoms with Crippen molar-refractivity contribution < 1.29 is 4.42 Å². The normalized spacial score (nSPS) is 15.5. The highest BCUT2D eigenvalue weighted by atomic mass is 32.2. The van der Waals surface area contributed by atoms with Gasteiger partial charge in [0.1, 0.15) is 5.58 Å². The van der Waals surface area contributed by atoms with E-state index in [2.05, 4.69) is 47.8 Å². The van der Waals surface area contributed by atoms with Gasteiger partial charge in [0.25, 0.3) is 0 Å². The lowest BCUT2D eigenvalue weighted by molar-refractivity contribution is 0.559. The van der Waals surface area contributed by atoms with E-state index in [1.807, 2.05) is 42.5 Å². The minimum absolute atomic E-state index is 0.0404. The molecular weight excluding hydrogens is 392 g/mol. The Morgan fingerprint density at radius 2 is 2.00 bits per heavy atom. The third-order valence-electron chi connectivity index (χ3n) is 5.31. The van der Waals surface area contributed by atoms with Gasteiger partial charge in [-0.1, -0.05) is 35.9 Å². The molecule has 0 aliphatic carbocycles. The molecule has 5 heteroatoms. The van der Waals surface area contributed by atoms with Crippen molar-refractivity contribution >= 4 is 40.2 Å². The monoisotopic (exact) mass is 416 g/mol. The standard InChI is InChI=1S/C25H24N2O2S/c1-4-15-27-21-9-7-8-10-23(21)30-24(27)14-12-19-16-18-11-13-20(26(5-2)6-3)17-22(18)29-25(19)28/h1,7-14,16-17,24H,5-6,15H2,2-3H3/b14-12+. The van der Waals surface area contributed by atoms with Crippen LogP contribution in [0.4, 0.5) is 11.4 Å². The zero-order valence-electron chi connectivity index (χ0n) is 17.2. The number of terminal acetylenes is 1. The fourth-order valence-corrected chi connectivity index (χ4v) is 4.94. The lowest BCUT2D eigenvalue weighted by atomic mass is 10.1. The van der Waals surface area contributed by atoms with Crippen LogP contribution >= 0.6 is 11.8 Å². The number of nitrogens with zero attached hydrogens (tertiary/aromatic N) is 2. The van der Waals surface area contributed by atoms with Crippen LogP contribution in [0.1, 0.15) is 19.4 Å². The first-order valence-corrected chi connectivity index (χ1v) is 11.0. The van der Waals surface area contributed by atoms with E-state index in [0.29, 0.717) is 17.7 Å². The molecule has 2 heterocycles. The van der Waals surface area contributed by atoms with Crippen LogP contribution in [0.2, 0.25) is 0 Å². The van der Waals surface area contributed by atoms with E-state index in [-0.39, 0.29) is 11.0 Å². The van der Waals surface area contributed by atoms with Gasteiger partial charge >= 0.3 is 5.63 Å². The van der Waals surface area contributed by atoms with Gasteiger partial charge in [-0.2, -0.15) is 0 Å². The van der Waals surface area contributed by atoms with E-state index in [1.165, 1.54) is 4.90 Å². The molecule has 0 spiro atoms. The van der Waals surface area contributed by atoms with Gasteiger partial charge in [-0.3, -0.25) is 0 Å². The van der Waals surface area contributed by atoms with Crippen molar-refractivity contribution in [3.63, 3.8) is 0 Å². The summed E-state index contributed by atoms with van der Waals surface area (Å²) in [6.07, 6.45) is 9.44. The van der Waals surface area contributed by atoms with Crippen LogP contribution < -0.4 is 15.4 Å². The van der Waals surface area contributed by atoms with Gasteiger partial charge in [0.15, 0.2) is 0 Å². The second-order valence-electron chi connectivity index (χ2n) is 7.05. The molecule has 2 aromatic carbocycles. The molecule has 152 valence electrons. The minimum atomic E-state index is -0.334. The number of thioether (sulfide) groups is 1. The fourth-order valence-electron chi connectivity index (χ4n) is 3.75. The van der Waals surface area contributed by atoms with E-state index in [0.717, 1.165) is 29.9 Å². The van der Waals surface area contributed by atoms with Gasteiger partial charge in [-0.25, -0.2) is 4.79 Å². The predicted molar refractivity (Wildman–Crippen MR) is 127 cm³/mol. The Morgan fingerprint density at radius 1 is 1.20 bits per heavy atom. The van der Waals surface area contributed by atoms with E-state index < -0.39 is 0 Å². The van der Waals surface area contributed by atoms with Crippen molar-refractivity contribution in [2.45, 2.75) is 24.1 Å². The van der Waals surface area contributed by atoms with E-state index >= 15 is 0 Å². The highest BCUT2D eigenvalue weighted by Gasteiger charge is 2.27. The highest BCUT2D eigenvalue weighted by molar-refractivity contribution is 8.00. The lowest BCUT2D eigenvalue weighted by Gasteiger charge is -2.21. The zero-order chi connectivity index (χ0) is 21.1. The zero-order valence-corrected chi connectivity index (χ0v) is 18.0. The van der Waals surface area contributed by atoms with Crippen LogP contribution in [0.3, 0.4) is 0 Å². The molecule has 1 aliphatic rings. The van der Waals surface area contributed by atoms with Crippen LogP contribution in [-0.4, -0.2) is 25.0 Å². The summed E-state index contributed by atoms with van der Waals surface area (Å²) in [5.41, 5.74) is 3.00. The number of anilines is 2. The van der Waals surface area contributed by atoms with Crippen molar-refractivity contribution in [3.05, 3.63) is 70.6 Å². The van der Waals surface area contributed by atoms with Crippen LogP contribution in [0, 0.1) is 12.3 Å². The number of hydrogen-bond donors (Lipinski definition) is 0. The topological polar surface area (TPSA) is 36.7 Å². The molecule has 1 aromatic heterocycles. The minimum Gasteiger partial charge on any atom is -0.422 e. The molecule has 0 saturated carbocycles. The van der Waals surface area contributed by atoms with Gasteiger partial charge in [-0.05, 0) is 50.3 Å². The summed E-state index contributed by atoms with van der Waals surface area (Å²) in [6, 6.07) is 16.1. The van der Waals surface area contributed by atoms with Crippen molar-refractivity contribution in [2.24, 2.45) is 0 Å². The molecule has 0 saturated heterocycles. The van der Waals surface area contributed by atoms with Crippen molar-refractivity contribution in [1.82, 2.24) is 0 Å². The first-order valence-electron chi connectivity index (χ1n) is 10.1. The number of para-hydroxylation sites is 1. The third kappa shape index (κ3) is 3.83. The summed E-state index contributed by atoms with van der Waals surface area (Å²) in [6.45, 7) is 6.55. The van der Waals surface area contributed by atoms with Crippen molar-refractivity contribution in [1.29, 1.82) is 0 Å². The largest absolute Gasteiger partial charge is 0.422 e. The summed E-state index contributed by atoms with van der Waals surface area (Å²) in [4.78, 5) is 18.2. The molecule has 1 unspecified atom stereocenters. The van der Waals surface area contributed by atoms with Crippen molar-refractivity contribution in [3.8, 4) is 12.3 Å². The molecule has 1 aliphatic heterocycles. The van der Waals surface area contributed by atoms with Gasteiger partial charge in [0, 0.05) is 35.1 Å². The maximum atomic E-state index is 12.6. The lowest BCUT2D eigenvalue weighted by Crippen LogP contribution is -2.28. The average Bonchev–Trinajstić information content (AvgIpc) is 3.11. The summed E-state index contributed by atoms with van der Waals surface area (Å²) in [5, 5.41) is 0.951. The maximum Gasteiger partial charge on any atom is 0.343 e. The first kappa shape index (κ1) is 20.2. The Kier molecular flexibility index (Phi) is 5.87. The molecule has 0 amide bonds. The Balaban J connectivity index is 1.63. The molecule has 0 bridgehead atoms.